The molecule has 0 unspecified atom stereocenters. The fraction of sp³-hybridized carbons (Fsp3) is 0.294. The zero-order chi connectivity index (χ0) is 12.8. The third-order valence-corrected chi connectivity index (χ3v) is 4.24. The van der Waals surface area contributed by atoms with Crippen LogP contribution in [0.25, 0.3) is 11.1 Å². The zero-order valence-electron chi connectivity index (χ0n) is 11.1. The Labute approximate surface area is 114 Å². The highest BCUT2D eigenvalue weighted by Crippen LogP contribution is 2.24. The monoisotopic (exact) mass is 256 g/mol. The topological polar surface area (TPSA) is 0 Å². The number of aryl methyl sites for hydroxylation is 1. The van der Waals surface area contributed by atoms with Gasteiger partial charge >= 0.3 is 0 Å². The van der Waals surface area contributed by atoms with Crippen LogP contribution in [-0.2, 0) is 6.42 Å². The first-order valence-electron chi connectivity index (χ1n) is 6.65. The summed E-state index contributed by atoms with van der Waals surface area (Å²) in [6.07, 6.45) is 2.33. The summed E-state index contributed by atoms with van der Waals surface area (Å²) in [5.74, 6) is 1.20. The molecule has 0 aliphatic rings. The maximum absolute atomic E-state index is 2.23. The molecule has 0 aromatic heterocycles. The van der Waals surface area contributed by atoms with E-state index in [1.807, 2.05) is 11.8 Å². The molecule has 0 N–H and O–H groups in total. The van der Waals surface area contributed by atoms with Crippen molar-refractivity contribution in [2.24, 2.45) is 0 Å². The number of thioether (sulfide) groups is 1. The van der Waals surface area contributed by atoms with Crippen LogP contribution >= 0.6 is 11.8 Å². The Balaban J connectivity index is 2.12. The minimum atomic E-state index is 1.10. The molecule has 0 nitrogen and oxygen atoms in total. The molecule has 0 heterocycles. The fourth-order valence-electron chi connectivity index (χ4n) is 1.90. The van der Waals surface area contributed by atoms with Crippen molar-refractivity contribution < 1.29 is 0 Å². The molecule has 0 fully saturated rings. The lowest BCUT2D eigenvalue weighted by Crippen LogP contribution is -1.82. The number of hydrogen-bond acceptors (Lipinski definition) is 1. The van der Waals surface area contributed by atoms with Crippen LogP contribution in [0.5, 0.6) is 0 Å². The van der Waals surface area contributed by atoms with Crippen LogP contribution in [-0.4, -0.2) is 5.75 Å². The number of hydrogen-bond donors (Lipinski definition) is 0. The zero-order valence-corrected chi connectivity index (χ0v) is 12.0. The van der Waals surface area contributed by atoms with Crippen molar-refractivity contribution in [1.82, 2.24) is 0 Å². The Morgan fingerprint density at radius 1 is 0.778 bits per heavy atom. The number of rotatable bonds is 5. The molecule has 0 saturated heterocycles. The molecule has 1 heteroatoms. The molecule has 0 radical (unpaired) electrons. The summed E-state index contributed by atoms with van der Waals surface area (Å²) in [4.78, 5) is 1.37. The van der Waals surface area contributed by atoms with E-state index in [4.69, 9.17) is 0 Å². The van der Waals surface area contributed by atoms with Crippen LogP contribution in [0, 0.1) is 0 Å². The normalized spacial score (nSPS) is 10.6. The summed E-state index contributed by atoms with van der Waals surface area (Å²) < 4.78 is 0. The van der Waals surface area contributed by atoms with Gasteiger partial charge in [-0.2, -0.15) is 0 Å². The van der Waals surface area contributed by atoms with Crippen molar-refractivity contribution in [1.29, 1.82) is 0 Å². The SMILES string of the molecule is CCCSc1ccc(-c2ccc(CC)cc2)cc1. The summed E-state index contributed by atoms with van der Waals surface area (Å²) in [5, 5.41) is 0. The van der Waals surface area contributed by atoms with Gasteiger partial charge in [0, 0.05) is 4.90 Å². The van der Waals surface area contributed by atoms with Gasteiger partial charge in [0.05, 0.1) is 0 Å². The molecule has 0 saturated carbocycles. The maximum atomic E-state index is 2.23. The lowest BCUT2D eigenvalue weighted by Gasteiger charge is -2.05. The average molecular weight is 256 g/mol. The second kappa shape index (κ2) is 6.65. The first-order chi connectivity index (χ1) is 8.83. The highest BCUT2D eigenvalue weighted by Gasteiger charge is 1.98. The van der Waals surface area contributed by atoms with Crippen LogP contribution in [0.2, 0.25) is 0 Å². The van der Waals surface area contributed by atoms with Gasteiger partial charge in [-0.15, -0.1) is 11.8 Å². The van der Waals surface area contributed by atoms with Crippen LogP contribution < -0.4 is 0 Å². The minimum absolute atomic E-state index is 1.10. The van der Waals surface area contributed by atoms with Crippen LogP contribution in [0.3, 0.4) is 0 Å². The average Bonchev–Trinajstić information content (AvgIpc) is 2.46. The molecule has 0 atom stereocenters. The Kier molecular flexibility index (Phi) is 4.89. The summed E-state index contributed by atoms with van der Waals surface area (Å²) in [7, 11) is 0. The first kappa shape index (κ1) is 13.2. The largest absolute Gasteiger partial charge is 0.126 e. The molecule has 2 aromatic carbocycles. The Bertz CT molecular complexity index is 468. The molecular weight excluding hydrogens is 236 g/mol. The molecule has 94 valence electrons. The van der Waals surface area contributed by atoms with E-state index < -0.39 is 0 Å². The van der Waals surface area contributed by atoms with Gasteiger partial charge in [-0.1, -0.05) is 50.2 Å². The molecule has 2 aromatic rings. The van der Waals surface area contributed by atoms with E-state index in [1.165, 1.54) is 33.8 Å². The first-order valence-corrected chi connectivity index (χ1v) is 7.64. The second-order valence-corrected chi connectivity index (χ2v) is 5.59. The van der Waals surface area contributed by atoms with E-state index in [0.29, 0.717) is 0 Å². The minimum Gasteiger partial charge on any atom is -0.126 e. The van der Waals surface area contributed by atoms with Gasteiger partial charge in [-0.05, 0) is 47.4 Å². The maximum Gasteiger partial charge on any atom is 0.00723 e. The van der Waals surface area contributed by atoms with Crippen LogP contribution in [0.4, 0.5) is 0 Å². The summed E-state index contributed by atoms with van der Waals surface area (Å²) >= 11 is 1.93. The molecular formula is C17H20S. The van der Waals surface area contributed by atoms with E-state index in [-0.39, 0.29) is 0 Å². The molecule has 0 aliphatic heterocycles. The van der Waals surface area contributed by atoms with E-state index >= 15 is 0 Å². The van der Waals surface area contributed by atoms with Crippen molar-refractivity contribution in [2.75, 3.05) is 5.75 Å². The van der Waals surface area contributed by atoms with E-state index in [1.54, 1.807) is 0 Å². The predicted octanol–water partition coefficient (Wildman–Crippen LogP) is 5.42. The van der Waals surface area contributed by atoms with Crippen molar-refractivity contribution in [3.63, 3.8) is 0 Å². The lowest BCUT2D eigenvalue weighted by molar-refractivity contribution is 1.10. The quantitative estimate of drug-likeness (QED) is 0.644. The Morgan fingerprint density at radius 2 is 1.33 bits per heavy atom. The molecule has 0 amide bonds. The molecule has 2 rings (SSSR count). The second-order valence-electron chi connectivity index (χ2n) is 4.42. The molecule has 0 bridgehead atoms. The van der Waals surface area contributed by atoms with Gasteiger partial charge in [0.2, 0.25) is 0 Å². The highest BCUT2D eigenvalue weighted by molar-refractivity contribution is 7.99. The van der Waals surface area contributed by atoms with Crippen LogP contribution in [0.1, 0.15) is 25.8 Å². The van der Waals surface area contributed by atoms with E-state index in [9.17, 15) is 0 Å². The fourth-order valence-corrected chi connectivity index (χ4v) is 2.66. The molecule has 0 spiro atoms. The van der Waals surface area contributed by atoms with Gasteiger partial charge in [-0.3, -0.25) is 0 Å². The highest BCUT2D eigenvalue weighted by atomic mass is 32.2. The standard InChI is InChI=1S/C17H20S/c1-3-13-18-17-11-9-16(10-12-17)15-7-5-14(4-2)6-8-15/h5-12H,3-4,13H2,1-2H3. The molecule has 0 aliphatic carbocycles. The lowest BCUT2D eigenvalue weighted by atomic mass is 10.0. The number of benzene rings is 2. The van der Waals surface area contributed by atoms with Crippen molar-refractivity contribution in [3.8, 4) is 11.1 Å². The Hall–Kier alpha value is -1.21. The van der Waals surface area contributed by atoms with Crippen molar-refractivity contribution in [2.45, 2.75) is 31.6 Å². The van der Waals surface area contributed by atoms with Crippen LogP contribution in [0.15, 0.2) is 53.4 Å². The van der Waals surface area contributed by atoms with Gasteiger partial charge in [0.1, 0.15) is 0 Å². The third-order valence-electron chi connectivity index (χ3n) is 3.02. The van der Waals surface area contributed by atoms with Gasteiger partial charge in [-0.25, -0.2) is 0 Å². The Morgan fingerprint density at radius 3 is 1.83 bits per heavy atom. The van der Waals surface area contributed by atoms with Gasteiger partial charge in [0.25, 0.3) is 0 Å². The molecule has 18 heavy (non-hydrogen) atoms. The van der Waals surface area contributed by atoms with Gasteiger partial charge in [0.15, 0.2) is 0 Å². The van der Waals surface area contributed by atoms with Crippen molar-refractivity contribution >= 4 is 11.8 Å². The summed E-state index contributed by atoms with van der Waals surface area (Å²) in [6.45, 7) is 4.41. The van der Waals surface area contributed by atoms with Crippen molar-refractivity contribution in [3.05, 3.63) is 54.1 Å². The van der Waals surface area contributed by atoms with E-state index in [0.717, 1.165) is 6.42 Å². The summed E-state index contributed by atoms with van der Waals surface area (Å²) in [6, 6.07) is 17.8. The third kappa shape index (κ3) is 3.39. The van der Waals surface area contributed by atoms with Gasteiger partial charge < -0.3 is 0 Å². The smallest absolute Gasteiger partial charge is 0.00723 e. The summed E-state index contributed by atoms with van der Waals surface area (Å²) in [5.41, 5.74) is 4.01. The predicted molar refractivity (Wildman–Crippen MR) is 82.3 cm³/mol. The van der Waals surface area contributed by atoms with E-state index in [2.05, 4.69) is 62.4 Å².